The van der Waals surface area contributed by atoms with Gasteiger partial charge in [0.05, 0.1) is 13.2 Å². The molecule has 2 fully saturated rings. The molecule has 1 aliphatic carbocycles. The number of aromatic nitrogens is 2. The summed E-state index contributed by atoms with van der Waals surface area (Å²) in [4.78, 5) is 11.7. The standard InChI is InChI=1S/C15H25N5O/c1-11(10-20-5-7-21-8-6-20)17-14-9-13(16-2)18-15(19-14)12-3-4-12/h9,11-12H,3-8,10H2,1-2H3,(H2,16,17,18,19). The van der Waals surface area contributed by atoms with Crippen molar-refractivity contribution in [3.8, 4) is 0 Å². The Morgan fingerprint density at radius 1 is 1.29 bits per heavy atom. The molecule has 0 spiro atoms. The van der Waals surface area contributed by atoms with Gasteiger partial charge in [-0.3, -0.25) is 4.90 Å². The second-order valence-electron chi connectivity index (χ2n) is 5.98. The van der Waals surface area contributed by atoms with Crippen molar-refractivity contribution in [3.63, 3.8) is 0 Å². The molecule has 0 radical (unpaired) electrons. The van der Waals surface area contributed by atoms with E-state index >= 15 is 0 Å². The first-order valence-corrected chi connectivity index (χ1v) is 7.88. The van der Waals surface area contributed by atoms with Crippen molar-refractivity contribution in [2.45, 2.75) is 31.7 Å². The zero-order valence-corrected chi connectivity index (χ0v) is 12.9. The molecule has 0 bridgehead atoms. The van der Waals surface area contributed by atoms with Crippen LogP contribution in [0.15, 0.2) is 6.07 Å². The van der Waals surface area contributed by atoms with Gasteiger partial charge in [0.1, 0.15) is 17.5 Å². The minimum absolute atomic E-state index is 0.356. The quantitative estimate of drug-likeness (QED) is 0.829. The van der Waals surface area contributed by atoms with Crippen LogP contribution in [0.25, 0.3) is 0 Å². The first kappa shape index (κ1) is 14.5. The third kappa shape index (κ3) is 4.04. The summed E-state index contributed by atoms with van der Waals surface area (Å²) in [5, 5.41) is 6.64. The Bertz CT molecular complexity index is 471. The van der Waals surface area contributed by atoms with E-state index in [2.05, 4.69) is 32.4 Å². The van der Waals surface area contributed by atoms with Crippen LogP contribution < -0.4 is 10.6 Å². The molecule has 116 valence electrons. The fourth-order valence-electron chi connectivity index (χ4n) is 2.66. The Hall–Kier alpha value is -1.40. The van der Waals surface area contributed by atoms with E-state index in [-0.39, 0.29) is 0 Å². The molecule has 6 heteroatoms. The number of ether oxygens (including phenoxy) is 1. The van der Waals surface area contributed by atoms with Gasteiger partial charge in [-0.05, 0) is 19.8 Å². The summed E-state index contributed by atoms with van der Waals surface area (Å²) in [7, 11) is 1.90. The Balaban J connectivity index is 1.61. The lowest BCUT2D eigenvalue weighted by atomic mass is 10.2. The molecule has 1 saturated carbocycles. The van der Waals surface area contributed by atoms with Crippen molar-refractivity contribution < 1.29 is 4.74 Å². The SMILES string of the molecule is CNc1cc(NC(C)CN2CCOCC2)nc(C2CC2)n1. The predicted molar refractivity (Wildman–Crippen MR) is 83.9 cm³/mol. The largest absolute Gasteiger partial charge is 0.379 e. The van der Waals surface area contributed by atoms with Gasteiger partial charge in [-0.1, -0.05) is 0 Å². The molecule has 6 nitrogen and oxygen atoms in total. The van der Waals surface area contributed by atoms with Crippen molar-refractivity contribution in [3.05, 3.63) is 11.9 Å². The number of nitrogens with one attached hydrogen (secondary N) is 2. The third-order valence-corrected chi connectivity index (χ3v) is 3.97. The van der Waals surface area contributed by atoms with E-state index in [1.54, 1.807) is 0 Å². The monoisotopic (exact) mass is 291 g/mol. The molecular formula is C15H25N5O. The molecule has 1 aromatic heterocycles. The van der Waals surface area contributed by atoms with Gasteiger partial charge >= 0.3 is 0 Å². The minimum atomic E-state index is 0.356. The van der Waals surface area contributed by atoms with Crippen LogP contribution in [-0.4, -0.2) is 60.8 Å². The highest BCUT2D eigenvalue weighted by Crippen LogP contribution is 2.38. The van der Waals surface area contributed by atoms with Crippen molar-refractivity contribution in [2.75, 3.05) is 50.5 Å². The van der Waals surface area contributed by atoms with Crippen molar-refractivity contribution >= 4 is 11.6 Å². The molecule has 2 aliphatic rings. The maximum Gasteiger partial charge on any atom is 0.136 e. The van der Waals surface area contributed by atoms with Gasteiger partial charge in [0.25, 0.3) is 0 Å². The van der Waals surface area contributed by atoms with Gasteiger partial charge in [0.15, 0.2) is 0 Å². The summed E-state index contributed by atoms with van der Waals surface area (Å²) >= 11 is 0. The highest BCUT2D eigenvalue weighted by molar-refractivity contribution is 5.48. The molecule has 1 saturated heterocycles. The van der Waals surface area contributed by atoms with Crippen LogP contribution >= 0.6 is 0 Å². The van der Waals surface area contributed by atoms with E-state index in [0.29, 0.717) is 12.0 Å². The van der Waals surface area contributed by atoms with E-state index in [4.69, 9.17) is 4.74 Å². The maximum atomic E-state index is 5.39. The van der Waals surface area contributed by atoms with Gasteiger partial charge in [-0.25, -0.2) is 9.97 Å². The molecule has 1 aliphatic heterocycles. The second kappa shape index (κ2) is 6.58. The first-order chi connectivity index (χ1) is 10.2. The van der Waals surface area contributed by atoms with Gasteiger partial charge < -0.3 is 15.4 Å². The summed E-state index contributed by atoms with van der Waals surface area (Å²) < 4.78 is 5.39. The van der Waals surface area contributed by atoms with E-state index in [1.165, 1.54) is 12.8 Å². The zero-order chi connectivity index (χ0) is 14.7. The van der Waals surface area contributed by atoms with Crippen molar-refractivity contribution in [1.29, 1.82) is 0 Å². The molecular weight excluding hydrogens is 266 g/mol. The van der Waals surface area contributed by atoms with Crippen LogP contribution in [0, 0.1) is 0 Å². The topological polar surface area (TPSA) is 62.3 Å². The average molecular weight is 291 g/mol. The summed E-state index contributed by atoms with van der Waals surface area (Å²) in [5.74, 6) is 3.36. The Kier molecular flexibility index (Phi) is 4.55. The molecule has 0 amide bonds. The Morgan fingerprint density at radius 2 is 2.00 bits per heavy atom. The molecule has 21 heavy (non-hydrogen) atoms. The van der Waals surface area contributed by atoms with E-state index in [1.807, 2.05) is 13.1 Å². The van der Waals surface area contributed by atoms with Crippen LogP contribution in [0.4, 0.5) is 11.6 Å². The summed E-state index contributed by atoms with van der Waals surface area (Å²) in [6, 6.07) is 2.34. The Morgan fingerprint density at radius 3 is 2.67 bits per heavy atom. The number of morpholine rings is 1. The first-order valence-electron chi connectivity index (χ1n) is 7.88. The fraction of sp³-hybridized carbons (Fsp3) is 0.733. The van der Waals surface area contributed by atoms with E-state index in [9.17, 15) is 0 Å². The van der Waals surface area contributed by atoms with E-state index in [0.717, 1.165) is 50.3 Å². The highest BCUT2D eigenvalue weighted by atomic mass is 16.5. The maximum absolute atomic E-state index is 5.39. The van der Waals surface area contributed by atoms with Crippen molar-refractivity contribution in [1.82, 2.24) is 14.9 Å². The summed E-state index contributed by atoms with van der Waals surface area (Å²) in [6.45, 7) is 6.94. The number of rotatable bonds is 6. The van der Waals surface area contributed by atoms with Crippen LogP contribution in [0.2, 0.25) is 0 Å². The smallest absolute Gasteiger partial charge is 0.136 e. The zero-order valence-electron chi connectivity index (χ0n) is 12.9. The second-order valence-corrected chi connectivity index (χ2v) is 5.98. The van der Waals surface area contributed by atoms with Crippen LogP contribution in [-0.2, 0) is 4.74 Å². The van der Waals surface area contributed by atoms with Gasteiger partial charge in [0, 0.05) is 44.7 Å². The van der Waals surface area contributed by atoms with Crippen LogP contribution in [0.1, 0.15) is 31.5 Å². The lowest BCUT2D eigenvalue weighted by Crippen LogP contribution is -2.42. The molecule has 2 heterocycles. The van der Waals surface area contributed by atoms with Crippen LogP contribution in [0.3, 0.4) is 0 Å². The van der Waals surface area contributed by atoms with E-state index < -0.39 is 0 Å². The predicted octanol–water partition coefficient (Wildman–Crippen LogP) is 1.53. The number of hydrogen-bond donors (Lipinski definition) is 2. The molecule has 0 aromatic carbocycles. The average Bonchev–Trinajstić information content (AvgIpc) is 3.32. The molecule has 1 aromatic rings. The number of nitrogens with zero attached hydrogens (tertiary/aromatic N) is 3. The number of anilines is 2. The lowest BCUT2D eigenvalue weighted by Gasteiger charge is -2.29. The lowest BCUT2D eigenvalue weighted by molar-refractivity contribution is 0.0368. The van der Waals surface area contributed by atoms with Gasteiger partial charge in [-0.15, -0.1) is 0 Å². The number of hydrogen-bond acceptors (Lipinski definition) is 6. The third-order valence-electron chi connectivity index (χ3n) is 3.97. The van der Waals surface area contributed by atoms with Crippen molar-refractivity contribution in [2.24, 2.45) is 0 Å². The Labute approximate surface area is 126 Å². The van der Waals surface area contributed by atoms with Gasteiger partial charge in [-0.2, -0.15) is 0 Å². The highest BCUT2D eigenvalue weighted by Gasteiger charge is 2.27. The molecule has 1 unspecified atom stereocenters. The normalized spacial score (nSPS) is 21.0. The summed E-state index contributed by atoms with van der Waals surface area (Å²) in [6.07, 6.45) is 2.44. The molecule has 3 rings (SSSR count). The van der Waals surface area contributed by atoms with Gasteiger partial charge in [0.2, 0.25) is 0 Å². The fourth-order valence-corrected chi connectivity index (χ4v) is 2.66. The molecule has 2 N–H and O–H groups in total. The summed E-state index contributed by atoms with van der Waals surface area (Å²) in [5.41, 5.74) is 0. The molecule has 1 atom stereocenters. The van der Waals surface area contributed by atoms with Crippen LogP contribution in [0.5, 0.6) is 0 Å². The minimum Gasteiger partial charge on any atom is -0.379 e.